The van der Waals surface area contributed by atoms with Gasteiger partial charge in [-0.1, -0.05) is 39.5 Å². The fourth-order valence-corrected chi connectivity index (χ4v) is 1.78. The number of aromatic amines is 1. The number of carbonyl (C=O) groups is 1. The molecule has 0 unspecified atom stereocenters. The average Bonchev–Trinajstić information content (AvgIpc) is 2.74. The maximum absolute atomic E-state index is 11.6. The van der Waals surface area contributed by atoms with E-state index in [9.17, 15) is 4.79 Å². The molecule has 4 N–H and O–H groups in total. The van der Waals surface area contributed by atoms with Gasteiger partial charge in [0.2, 0.25) is 0 Å². The predicted octanol–water partition coefficient (Wildman–Crippen LogP) is 2.33. The van der Waals surface area contributed by atoms with E-state index < -0.39 is 0 Å². The first kappa shape index (κ1) is 14.5. The van der Waals surface area contributed by atoms with E-state index in [2.05, 4.69) is 29.4 Å². The molecule has 0 bridgehead atoms. The first-order valence-corrected chi connectivity index (χ1v) is 6.68. The Labute approximate surface area is 109 Å². The number of rotatable bonds is 8. The van der Waals surface area contributed by atoms with Gasteiger partial charge in [0.25, 0.3) is 5.91 Å². The summed E-state index contributed by atoms with van der Waals surface area (Å²) in [7, 11) is 0. The third-order valence-electron chi connectivity index (χ3n) is 2.84. The molecule has 5 nitrogen and oxygen atoms in total. The van der Waals surface area contributed by atoms with Crippen molar-refractivity contribution in [2.45, 2.75) is 46.0 Å². The molecule has 102 valence electrons. The lowest BCUT2D eigenvalue weighted by Gasteiger charge is -2.05. The number of hydrogen-bond donors (Lipinski definition) is 3. The highest BCUT2D eigenvalue weighted by Crippen LogP contribution is 2.09. The van der Waals surface area contributed by atoms with E-state index >= 15 is 0 Å². The van der Waals surface area contributed by atoms with Crippen LogP contribution in [0.2, 0.25) is 0 Å². The van der Waals surface area contributed by atoms with Crippen LogP contribution in [-0.4, -0.2) is 22.6 Å². The first-order chi connectivity index (χ1) is 8.59. The number of nitrogens with zero attached hydrogens (tertiary/aromatic N) is 1. The van der Waals surface area contributed by atoms with Crippen molar-refractivity contribution in [3.8, 4) is 0 Å². The van der Waals surface area contributed by atoms with Crippen molar-refractivity contribution in [3.05, 3.63) is 11.8 Å². The van der Waals surface area contributed by atoms with Gasteiger partial charge in [0, 0.05) is 12.6 Å². The van der Waals surface area contributed by atoms with Gasteiger partial charge in [-0.05, 0) is 12.3 Å². The number of hydrogen-bond acceptors (Lipinski definition) is 3. The first-order valence-electron chi connectivity index (χ1n) is 6.68. The molecule has 1 amide bonds. The summed E-state index contributed by atoms with van der Waals surface area (Å²) in [6.45, 7) is 5.20. The number of nitrogens with one attached hydrogen (secondary N) is 2. The second kappa shape index (κ2) is 7.74. The van der Waals surface area contributed by atoms with Crippen molar-refractivity contribution >= 4 is 11.7 Å². The van der Waals surface area contributed by atoms with E-state index in [1.165, 1.54) is 25.3 Å². The number of amides is 1. The molecule has 1 heterocycles. The maximum atomic E-state index is 11.6. The van der Waals surface area contributed by atoms with Gasteiger partial charge in [-0.2, -0.15) is 5.10 Å². The summed E-state index contributed by atoms with van der Waals surface area (Å²) in [6, 6.07) is 1.54. The van der Waals surface area contributed by atoms with Gasteiger partial charge in [0.1, 0.15) is 11.5 Å². The molecule has 1 aromatic rings. The van der Waals surface area contributed by atoms with Crippen LogP contribution in [0, 0.1) is 5.92 Å². The molecule has 0 saturated heterocycles. The molecule has 0 saturated carbocycles. The molecule has 0 aliphatic heterocycles. The highest BCUT2D eigenvalue weighted by molar-refractivity contribution is 5.92. The summed E-state index contributed by atoms with van der Waals surface area (Å²) in [4.78, 5) is 11.6. The minimum absolute atomic E-state index is 0.138. The summed E-state index contributed by atoms with van der Waals surface area (Å²) in [5, 5.41) is 9.15. The molecule has 0 spiro atoms. The Hall–Kier alpha value is -1.52. The summed E-state index contributed by atoms with van der Waals surface area (Å²) >= 11 is 0. The number of aromatic nitrogens is 2. The average molecular weight is 252 g/mol. The Morgan fingerprint density at radius 3 is 2.72 bits per heavy atom. The largest absolute Gasteiger partial charge is 0.382 e. The van der Waals surface area contributed by atoms with Gasteiger partial charge in [0.05, 0.1) is 0 Å². The zero-order valence-corrected chi connectivity index (χ0v) is 11.3. The molecule has 0 aromatic carbocycles. The molecule has 1 aromatic heterocycles. The molecule has 0 aliphatic carbocycles. The Kier molecular flexibility index (Phi) is 6.25. The second-order valence-electron chi connectivity index (χ2n) is 5.06. The molecule has 0 radical (unpaired) electrons. The number of nitrogen functional groups attached to an aromatic ring is 1. The fourth-order valence-electron chi connectivity index (χ4n) is 1.78. The Morgan fingerprint density at radius 1 is 1.39 bits per heavy atom. The molecule has 0 fully saturated rings. The monoisotopic (exact) mass is 252 g/mol. The maximum Gasteiger partial charge on any atom is 0.269 e. The standard InChI is InChI=1S/C13H24N4O/c1-10(2)7-5-3-4-6-8-15-13(18)11-9-12(14)17-16-11/h9-10H,3-8H2,1-2H3,(H,15,18)(H3,14,16,17). The van der Waals surface area contributed by atoms with Crippen molar-refractivity contribution in [2.75, 3.05) is 12.3 Å². The molecule has 0 atom stereocenters. The SMILES string of the molecule is CC(C)CCCCCCNC(=O)c1cc(N)n[nH]1. The molecule has 18 heavy (non-hydrogen) atoms. The predicted molar refractivity (Wildman–Crippen MR) is 73.3 cm³/mol. The van der Waals surface area contributed by atoms with Crippen LogP contribution < -0.4 is 11.1 Å². The fraction of sp³-hybridized carbons (Fsp3) is 0.692. The van der Waals surface area contributed by atoms with Crippen LogP contribution in [0.3, 0.4) is 0 Å². The van der Waals surface area contributed by atoms with E-state index in [0.29, 0.717) is 18.1 Å². The number of unbranched alkanes of at least 4 members (excludes halogenated alkanes) is 3. The third kappa shape index (κ3) is 5.70. The highest BCUT2D eigenvalue weighted by Gasteiger charge is 2.07. The van der Waals surface area contributed by atoms with Gasteiger partial charge in [0.15, 0.2) is 0 Å². The van der Waals surface area contributed by atoms with Gasteiger partial charge in [-0.15, -0.1) is 0 Å². The number of nitrogens with two attached hydrogens (primary N) is 1. The van der Waals surface area contributed by atoms with Crippen LogP contribution in [0.5, 0.6) is 0 Å². The number of anilines is 1. The minimum atomic E-state index is -0.138. The zero-order chi connectivity index (χ0) is 13.4. The third-order valence-corrected chi connectivity index (χ3v) is 2.84. The van der Waals surface area contributed by atoms with E-state index in [4.69, 9.17) is 5.73 Å². The lowest BCUT2D eigenvalue weighted by molar-refractivity contribution is 0.0948. The molecular weight excluding hydrogens is 228 g/mol. The van der Waals surface area contributed by atoms with Crippen LogP contribution >= 0.6 is 0 Å². The number of H-pyrrole nitrogens is 1. The van der Waals surface area contributed by atoms with Crippen molar-refractivity contribution in [2.24, 2.45) is 5.92 Å². The van der Waals surface area contributed by atoms with Crippen molar-refractivity contribution < 1.29 is 4.79 Å². The lowest BCUT2D eigenvalue weighted by Crippen LogP contribution is -2.24. The van der Waals surface area contributed by atoms with E-state index in [1.807, 2.05) is 0 Å². The van der Waals surface area contributed by atoms with Crippen molar-refractivity contribution in [1.82, 2.24) is 15.5 Å². The Bertz CT molecular complexity index is 360. The van der Waals surface area contributed by atoms with Crippen LogP contribution in [0.15, 0.2) is 6.07 Å². The Morgan fingerprint density at radius 2 is 2.11 bits per heavy atom. The lowest BCUT2D eigenvalue weighted by atomic mass is 10.0. The topological polar surface area (TPSA) is 83.8 Å². The van der Waals surface area contributed by atoms with E-state index in [-0.39, 0.29) is 5.91 Å². The van der Waals surface area contributed by atoms with Crippen LogP contribution in [0.1, 0.15) is 56.4 Å². The summed E-state index contributed by atoms with van der Waals surface area (Å²) in [6.07, 6.45) is 6.00. The molecule has 5 heteroatoms. The molecule has 1 rings (SSSR count). The summed E-state index contributed by atoms with van der Waals surface area (Å²) < 4.78 is 0. The van der Waals surface area contributed by atoms with Gasteiger partial charge >= 0.3 is 0 Å². The van der Waals surface area contributed by atoms with E-state index in [1.54, 1.807) is 0 Å². The van der Waals surface area contributed by atoms with Crippen LogP contribution in [0.25, 0.3) is 0 Å². The normalized spacial score (nSPS) is 10.8. The summed E-state index contributed by atoms with van der Waals surface area (Å²) in [5.74, 6) is 0.991. The zero-order valence-electron chi connectivity index (χ0n) is 11.3. The molecule has 0 aliphatic rings. The van der Waals surface area contributed by atoms with Crippen LogP contribution in [-0.2, 0) is 0 Å². The van der Waals surface area contributed by atoms with Gasteiger partial charge < -0.3 is 11.1 Å². The smallest absolute Gasteiger partial charge is 0.269 e. The summed E-state index contributed by atoms with van der Waals surface area (Å²) in [5.41, 5.74) is 5.85. The second-order valence-corrected chi connectivity index (χ2v) is 5.06. The van der Waals surface area contributed by atoms with Gasteiger partial charge in [-0.25, -0.2) is 0 Å². The van der Waals surface area contributed by atoms with Crippen LogP contribution in [0.4, 0.5) is 5.82 Å². The van der Waals surface area contributed by atoms with E-state index in [0.717, 1.165) is 18.8 Å². The van der Waals surface area contributed by atoms with Crippen molar-refractivity contribution in [1.29, 1.82) is 0 Å². The van der Waals surface area contributed by atoms with Crippen molar-refractivity contribution in [3.63, 3.8) is 0 Å². The molecular formula is C13H24N4O. The van der Waals surface area contributed by atoms with Gasteiger partial charge in [-0.3, -0.25) is 9.89 Å². The minimum Gasteiger partial charge on any atom is -0.382 e. The highest BCUT2D eigenvalue weighted by atomic mass is 16.1. The number of carbonyl (C=O) groups excluding carboxylic acids is 1. The Balaban J connectivity index is 2.03. The quantitative estimate of drug-likeness (QED) is 0.621.